The molecule has 0 aromatic carbocycles. The number of hydrogen-bond acceptors (Lipinski definition) is 3. The van der Waals surface area contributed by atoms with Crippen LogP contribution in [0.5, 0.6) is 0 Å². The molecule has 0 aliphatic carbocycles. The summed E-state index contributed by atoms with van der Waals surface area (Å²) in [7, 11) is 1.74. The maximum absolute atomic E-state index is 11.2. The van der Waals surface area contributed by atoms with Crippen molar-refractivity contribution >= 4 is 5.91 Å². The summed E-state index contributed by atoms with van der Waals surface area (Å²) >= 11 is 0. The second-order valence-corrected chi connectivity index (χ2v) is 3.36. The topological polar surface area (TPSA) is 52.6 Å². The highest BCUT2D eigenvalue weighted by molar-refractivity contribution is 5.79. The van der Waals surface area contributed by atoms with Gasteiger partial charge < -0.3 is 15.3 Å². The van der Waals surface area contributed by atoms with Gasteiger partial charge in [0, 0.05) is 0 Å². The minimum absolute atomic E-state index is 0.0654. The van der Waals surface area contributed by atoms with Crippen LogP contribution in [0.15, 0.2) is 0 Å². The maximum Gasteiger partial charge on any atom is 0.236 e. The van der Waals surface area contributed by atoms with Crippen molar-refractivity contribution in [1.82, 2.24) is 10.2 Å². The highest BCUT2D eigenvalue weighted by Gasteiger charge is 2.41. The first-order valence-electron chi connectivity index (χ1n) is 4.26. The molecule has 1 saturated heterocycles. The minimum Gasteiger partial charge on any atom is -0.386 e. The Labute approximate surface area is 72.6 Å². The van der Waals surface area contributed by atoms with E-state index < -0.39 is 5.60 Å². The number of carbonyl (C=O) groups excluding carboxylic acids is 1. The number of nitrogens with one attached hydrogen (secondary N) is 1. The van der Waals surface area contributed by atoms with E-state index in [0.29, 0.717) is 19.6 Å². The molecule has 1 heterocycles. The van der Waals surface area contributed by atoms with Gasteiger partial charge >= 0.3 is 0 Å². The Hall–Kier alpha value is -0.610. The van der Waals surface area contributed by atoms with Crippen molar-refractivity contribution in [1.29, 1.82) is 0 Å². The third kappa shape index (κ3) is 1.76. The monoisotopic (exact) mass is 172 g/mol. The van der Waals surface area contributed by atoms with E-state index in [1.807, 2.05) is 6.92 Å². The summed E-state index contributed by atoms with van der Waals surface area (Å²) in [6.07, 6.45) is 0.719. The highest BCUT2D eigenvalue weighted by Crippen LogP contribution is 2.23. The SMILES string of the molecule is CCC1(O)CN(C(=O)CNC)C1. The summed E-state index contributed by atoms with van der Waals surface area (Å²) in [5.41, 5.74) is -0.608. The quantitative estimate of drug-likeness (QED) is 0.585. The summed E-state index contributed by atoms with van der Waals surface area (Å²) in [4.78, 5) is 12.8. The van der Waals surface area contributed by atoms with Crippen LogP contribution in [-0.2, 0) is 4.79 Å². The molecule has 2 N–H and O–H groups in total. The largest absolute Gasteiger partial charge is 0.386 e. The van der Waals surface area contributed by atoms with Crippen LogP contribution in [0.3, 0.4) is 0 Å². The number of hydrogen-bond donors (Lipinski definition) is 2. The summed E-state index contributed by atoms with van der Waals surface area (Å²) in [6.45, 7) is 3.27. The van der Waals surface area contributed by atoms with Crippen LogP contribution in [0.25, 0.3) is 0 Å². The van der Waals surface area contributed by atoms with Gasteiger partial charge in [0.25, 0.3) is 0 Å². The zero-order chi connectivity index (χ0) is 9.19. The summed E-state index contributed by atoms with van der Waals surface area (Å²) in [6, 6.07) is 0. The van der Waals surface area contributed by atoms with Gasteiger partial charge in [0.15, 0.2) is 0 Å². The van der Waals surface area contributed by atoms with Gasteiger partial charge in [-0.15, -0.1) is 0 Å². The Morgan fingerprint density at radius 1 is 1.67 bits per heavy atom. The number of nitrogens with zero attached hydrogens (tertiary/aromatic N) is 1. The molecule has 1 amide bonds. The molecular weight excluding hydrogens is 156 g/mol. The van der Waals surface area contributed by atoms with Gasteiger partial charge in [-0.25, -0.2) is 0 Å². The molecule has 70 valence electrons. The van der Waals surface area contributed by atoms with Gasteiger partial charge in [0.1, 0.15) is 0 Å². The van der Waals surface area contributed by atoms with E-state index >= 15 is 0 Å². The Balaban J connectivity index is 2.29. The van der Waals surface area contributed by atoms with Crippen molar-refractivity contribution in [3.63, 3.8) is 0 Å². The van der Waals surface area contributed by atoms with E-state index in [4.69, 9.17) is 0 Å². The highest BCUT2D eigenvalue weighted by atomic mass is 16.3. The predicted octanol–water partition coefficient (Wildman–Crippen LogP) is -0.811. The lowest BCUT2D eigenvalue weighted by molar-refractivity contribution is -0.154. The molecule has 1 rings (SSSR count). The van der Waals surface area contributed by atoms with E-state index in [2.05, 4.69) is 5.32 Å². The van der Waals surface area contributed by atoms with E-state index in [0.717, 1.165) is 6.42 Å². The lowest BCUT2D eigenvalue weighted by atomic mass is 9.91. The van der Waals surface area contributed by atoms with Crippen molar-refractivity contribution in [2.75, 3.05) is 26.7 Å². The number of aliphatic hydroxyl groups is 1. The average Bonchev–Trinajstić information content (AvgIpc) is 1.99. The number of likely N-dealkylation sites (tertiary alicyclic amines) is 1. The minimum atomic E-state index is -0.608. The summed E-state index contributed by atoms with van der Waals surface area (Å²) in [5, 5.41) is 12.4. The van der Waals surface area contributed by atoms with Crippen LogP contribution < -0.4 is 5.32 Å². The Bertz CT molecular complexity index is 176. The number of β-amino-alcohol motifs (C(OH)–C–C–N with tert-alkyl or cyclic N) is 1. The fourth-order valence-corrected chi connectivity index (χ4v) is 1.33. The van der Waals surface area contributed by atoms with E-state index in [1.54, 1.807) is 11.9 Å². The van der Waals surface area contributed by atoms with Crippen molar-refractivity contribution in [2.24, 2.45) is 0 Å². The molecule has 12 heavy (non-hydrogen) atoms. The normalized spacial score (nSPS) is 20.4. The molecule has 0 aromatic rings. The fourth-order valence-electron chi connectivity index (χ4n) is 1.33. The molecule has 1 aliphatic rings. The molecule has 0 saturated carbocycles. The van der Waals surface area contributed by atoms with Gasteiger partial charge in [-0.05, 0) is 13.5 Å². The van der Waals surface area contributed by atoms with Crippen LogP contribution >= 0.6 is 0 Å². The Morgan fingerprint density at radius 3 is 2.67 bits per heavy atom. The molecule has 0 aromatic heterocycles. The van der Waals surface area contributed by atoms with Gasteiger partial charge in [-0.2, -0.15) is 0 Å². The number of likely N-dealkylation sites (N-methyl/N-ethyl adjacent to an activating group) is 1. The molecule has 0 radical (unpaired) electrons. The van der Waals surface area contributed by atoms with E-state index in [-0.39, 0.29) is 5.91 Å². The first-order valence-corrected chi connectivity index (χ1v) is 4.26. The standard InChI is InChI=1S/C8H16N2O2/c1-3-8(12)5-10(6-8)7(11)4-9-2/h9,12H,3-6H2,1-2H3. The van der Waals surface area contributed by atoms with Crippen molar-refractivity contribution in [3.05, 3.63) is 0 Å². The van der Waals surface area contributed by atoms with E-state index in [1.165, 1.54) is 0 Å². The predicted molar refractivity (Wildman–Crippen MR) is 45.7 cm³/mol. The van der Waals surface area contributed by atoms with Crippen LogP contribution in [0.2, 0.25) is 0 Å². The molecule has 4 nitrogen and oxygen atoms in total. The first-order chi connectivity index (χ1) is 5.61. The van der Waals surface area contributed by atoms with Crippen LogP contribution in [0.1, 0.15) is 13.3 Å². The van der Waals surface area contributed by atoms with Crippen LogP contribution in [0, 0.1) is 0 Å². The number of carbonyl (C=O) groups is 1. The Morgan fingerprint density at radius 2 is 2.25 bits per heavy atom. The zero-order valence-corrected chi connectivity index (χ0v) is 7.63. The lowest BCUT2D eigenvalue weighted by Crippen LogP contribution is -2.64. The molecule has 4 heteroatoms. The average molecular weight is 172 g/mol. The second-order valence-electron chi connectivity index (χ2n) is 3.36. The van der Waals surface area contributed by atoms with Gasteiger partial charge in [0.05, 0.1) is 25.2 Å². The van der Waals surface area contributed by atoms with Gasteiger partial charge in [0.2, 0.25) is 5.91 Å². The van der Waals surface area contributed by atoms with Crippen molar-refractivity contribution in [3.8, 4) is 0 Å². The van der Waals surface area contributed by atoms with Crippen molar-refractivity contribution < 1.29 is 9.90 Å². The molecule has 0 atom stereocenters. The summed E-state index contributed by atoms with van der Waals surface area (Å²) in [5.74, 6) is 0.0654. The lowest BCUT2D eigenvalue weighted by Gasteiger charge is -2.46. The van der Waals surface area contributed by atoms with Gasteiger partial charge in [-0.1, -0.05) is 6.92 Å². The third-order valence-corrected chi connectivity index (χ3v) is 2.31. The molecule has 0 unspecified atom stereocenters. The molecule has 0 bridgehead atoms. The van der Waals surface area contributed by atoms with Gasteiger partial charge in [-0.3, -0.25) is 4.79 Å². The molecule has 0 spiro atoms. The third-order valence-electron chi connectivity index (χ3n) is 2.31. The number of amides is 1. The Kier molecular flexibility index (Phi) is 2.69. The fraction of sp³-hybridized carbons (Fsp3) is 0.875. The first kappa shape index (κ1) is 9.48. The molecule has 1 aliphatic heterocycles. The zero-order valence-electron chi connectivity index (χ0n) is 7.63. The molecular formula is C8H16N2O2. The maximum atomic E-state index is 11.2. The molecule has 1 fully saturated rings. The summed E-state index contributed by atoms with van der Waals surface area (Å²) < 4.78 is 0. The van der Waals surface area contributed by atoms with E-state index in [9.17, 15) is 9.90 Å². The second kappa shape index (κ2) is 3.41. The number of rotatable bonds is 3. The van der Waals surface area contributed by atoms with Crippen LogP contribution in [0.4, 0.5) is 0 Å². The smallest absolute Gasteiger partial charge is 0.236 e. The van der Waals surface area contributed by atoms with Crippen LogP contribution in [-0.4, -0.2) is 48.2 Å². The van der Waals surface area contributed by atoms with Crippen molar-refractivity contribution in [2.45, 2.75) is 18.9 Å².